The molecule has 1 unspecified atom stereocenters. The molecule has 0 saturated carbocycles. The van der Waals surface area contributed by atoms with E-state index in [2.05, 4.69) is 5.10 Å². The van der Waals surface area contributed by atoms with Crippen LogP contribution in [0.15, 0.2) is 42.7 Å². The first kappa shape index (κ1) is 11.4. The van der Waals surface area contributed by atoms with Crippen LogP contribution in [-0.2, 0) is 11.3 Å². The Morgan fingerprint density at radius 3 is 2.71 bits per heavy atom. The second-order valence-electron chi connectivity index (χ2n) is 4.12. The van der Waals surface area contributed by atoms with Crippen molar-refractivity contribution < 1.29 is 4.79 Å². The minimum absolute atomic E-state index is 0.210. The molecule has 1 amide bonds. The molecule has 0 bridgehead atoms. The maximum Gasteiger partial charge on any atom is 0.222 e. The lowest BCUT2D eigenvalue weighted by molar-refractivity contribution is -0.121. The zero-order valence-corrected chi connectivity index (χ0v) is 9.71. The van der Waals surface area contributed by atoms with Gasteiger partial charge in [0, 0.05) is 11.8 Å². The first-order valence-electron chi connectivity index (χ1n) is 5.54. The van der Waals surface area contributed by atoms with Gasteiger partial charge in [-0.15, -0.1) is 0 Å². The van der Waals surface area contributed by atoms with Crippen molar-refractivity contribution in [3.8, 4) is 11.1 Å². The van der Waals surface area contributed by atoms with Crippen molar-refractivity contribution in [2.24, 2.45) is 11.7 Å². The number of amides is 1. The van der Waals surface area contributed by atoms with Crippen molar-refractivity contribution in [1.29, 1.82) is 0 Å². The van der Waals surface area contributed by atoms with Crippen LogP contribution in [-0.4, -0.2) is 15.7 Å². The number of hydrogen-bond acceptors (Lipinski definition) is 2. The molecule has 4 heteroatoms. The van der Waals surface area contributed by atoms with Gasteiger partial charge in [-0.05, 0) is 5.56 Å². The van der Waals surface area contributed by atoms with E-state index in [4.69, 9.17) is 5.73 Å². The zero-order valence-electron chi connectivity index (χ0n) is 9.71. The molecule has 1 aromatic heterocycles. The molecule has 0 spiro atoms. The molecule has 0 aliphatic carbocycles. The quantitative estimate of drug-likeness (QED) is 0.866. The molecule has 4 nitrogen and oxygen atoms in total. The van der Waals surface area contributed by atoms with Crippen molar-refractivity contribution >= 4 is 5.91 Å². The Kier molecular flexibility index (Phi) is 3.23. The predicted molar refractivity (Wildman–Crippen MR) is 66.0 cm³/mol. The van der Waals surface area contributed by atoms with Gasteiger partial charge in [0.1, 0.15) is 0 Å². The van der Waals surface area contributed by atoms with Crippen molar-refractivity contribution in [3.05, 3.63) is 42.7 Å². The van der Waals surface area contributed by atoms with Gasteiger partial charge in [0.05, 0.1) is 18.7 Å². The first-order valence-corrected chi connectivity index (χ1v) is 5.54. The number of nitrogens with zero attached hydrogens (tertiary/aromatic N) is 2. The highest BCUT2D eigenvalue weighted by atomic mass is 16.1. The summed E-state index contributed by atoms with van der Waals surface area (Å²) in [4.78, 5) is 11.0. The van der Waals surface area contributed by atoms with Crippen LogP contribution in [0.3, 0.4) is 0 Å². The normalized spacial score (nSPS) is 12.3. The van der Waals surface area contributed by atoms with Gasteiger partial charge in [0.15, 0.2) is 0 Å². The Morgan fingerprint density at radius 1 is 1.35 bits per heavy atom. The summed E-state index contributed by atoms with van der Waals surface area (Å²) in [6, 6.07) is 10.00. The van der Waals surface area contributed by atoms with Crippen LogP contribution >= 0.6 is 0 Å². The number of carbonyl (C=O) groups excluding carboxylic acids is 1. The Morgan fingerprint density at radius 2 is 2.06 bits per heavy atom. The Bertz CT molecular complexity index is 504. The molecule has 1 heterocycles. The molecule has 0 aliphatic rings. The molecule has 0 fully saturated rings. The smallest absolute Gasteiger partial charge is 0.222 e. The maximum atomic E-state index is 11.0. The molecule has 17 heavy (non-hydrogen) atoms. The van der Waals surface area contributed by atoms with Gasteiger partial charge >= 0.3 is 0 Å². The summed E-state index contributed by atoms with van der Waals surface area (Å²) < 4.78 is 1.75. The topological polar surface area (TPSA) is 60.9 Å². The van der Waals surface area contributed by atoms with E-state index in [1.807, 2.05) is 36.5 Å². The largest absolute Gasteiger partial charge is 0.369 e. The third-order valence-corrected chi connectivity index (χ3v) is 2.69. The molecule has 2 N–H and O–H groups in total. The van der Waals surface area contributed by atoms with E-state index in [-0.39, 0.29) is 11.8 Å². The fourth-order valence-corrected chi connectivity index (χ4v) is 1.61. The second kappa shape index (κ2) is 4.82. The van der Waals surface area contributed by atoms with Gasteiger partial charge in [0.2, 0.25) is 5.91 Å². The van der Waals surface area contributed by atoms with Crippen molar-refractivity contribution in [3.63, 3.8) is 0 Å². The molecule has 88 valence electrons. The summed E-state index contributed by atoms with van der Waals surface area (Å²) in [6.45, 7) is 2.31. The lowest BCUT2D eigenvalue weighted by Gasteiger charge is -2.06. The van der Waals surface area contributed by atoms with Crippen LogP contribution in [0.1, 0.15) is 6.92 Å². The fourth-order valence-electron chi connectivity index (χ4n) is 1.61. The minimum Gasteiger partial charge on any atom is -0.369 e. The summed E-state index contributed by atoms with van der Waals surface area (Å²) >= 11 is 0. The SMILES string of the molecule is CC(Cn1cc(-c2ccccc2)cn1)C(N)=O. The number of aromatic nitrogens is 2. The van der Waals surface area contributed by atoms with Crippen LogP contribution in [0.5, 0.6) is 0 Å². The summed E-state index contributed by atoms with van der Waals surface area (Å²) in [6.07, 6.45) is 3.72. The Balaban J connectivity index is 2.14. The number of nitrogens with two attached hydrogens (primary N) is 1. The van der Waals surface area contributed by atoms with Crippen molar-refractivity contribution in [2.45, 2.75) is 13.5 Å². The monoisotopic (exact) mass is 229 g/mol. The Labute approximate surface area is 100 Å². The molecule has 2 rings (SSSR count). The number of rotatable bonds is 4. The summed E-state index contributed by atoms with van der Waals surface area (Å²) in [5, 5.41) is 4.22. The number of hydrogen-bond donors (Lipinski definition) is 1. The third-order valence-electron chi connectivity index (χ3n) is 2.69. The van der Waals surface area contributed by atoms with Gasteiger partial charge in [-0.1, -0.05) is 37.3 Å². The summed E-state index contributed by atoms with van der Waals surface area (Å²) in [7, 11) is 0. The lowest BCUT2D eigenvalue weighted by atomic mass is 10.1. The van der Waals surface area contributed by atoms with E-state index >= 15 is 0 Å². The molecular formula is C13H15N3O. The van der Waals surface area contributed by atoms with E-state index in [9.17, 15) is 4.79 Å². The fraction of sp³-hybridized carbons (Fsp3) is 0.231. The average molecular weight is 229 g/mol. The average Bonchev–Trinajstić information content (AvgIpc) is 2.78. The van der Waals surface area contributed by atoms with Crippen LogP contribution in [0.25, 0.3) is 11.1 Å². The van der Waals surface area contributed by atoms with Crippen molar-refractivity contribution in [1.82, 2.24) is 9.78 Å². The van der Waals surface area contributed by atoms with Crippen molar-refractivity contribution in [2.75, 3.05) is 0 Å². The molecule has 0 radical (unpaired) electrons. The van der Waals surface area contributed by atoms with Gasteiger partial charge in [-0.3, -0.25) is 9.48 Å². The van der Waals surface area contributed by atoms with E-state index in [1.165, 1.54) is 0 Å². The minimum atomic E-state index is -0.304. The van der Waals surface area contributed by atoms with E-state index < -0.39 is 0 Å². The number of primary amides is 1. The number of benzene rings is 1. The van der Waals surface area contributed by atoms with Crippen LogP contribution in [0, 0.1) is 5.92 Å². The second-order valence-corrected chi connectivity index (χ2v) is 4.12. The van der Waals surface area contributed by atoms with E-state index in [1.54, 1.807) is 17.8 Å². The highest BCUT2D eigenvalue weighted by Crippen LogP contribution is 2.17. The molecule has 2 aromatic rings. The lowest BCUT2D eigenvalue weighted by Crippen LogP contribution is -2.24. The van der Waals surface area contributed by atoms with Crippen LogP contribution < -0.4 is 5.73 Å². The van der Waals surface area contributed by atoms with Gasteiger partial charge < -0.3 is 5.73 Å². The summed E-state index contributed by atoms with van der Waals surface area (Å²) in [5.74, 6) is -0.514. The molecule has 0 aliphatic heterocycles. The van der Waals surface area contributed by atoms with Gasteiger partial charge in [-0.25, -0.2) is 0 Å². The summed E-state index contributed by atoms with van der Waals surface area (Å²) in [5.41, 5.74) is 7.38. The maximum absolute atomic E-state index is 11.0. The van der Waals surface area contributed by atoms with Gasteiger partial charge in [-0.2, -0.15) is 5.10 Å². The van der Waals surface area contributed by atoms with Crippen LogP contribution in [0.2, 0.25) is 0 Å². The standard InChI is InChI=1S/C13H15N3O/c1-10(13(14)17)8-16-9-12(7-15-16)11-5-3-2-4-6-11/h2-7,9-10H,8H2,1H3,(H2,14,17). The Hall–Kier alpha value is -2.10. The van der Waals surface area contributed by atoms with E-state index in [0.29, 0.717) is 6.54 Å². The molecule has 0 saturated heterocycles. The van der Waals surface area contributed by atoms with Crippen LogP contribution in [0.4, 0.5) is 0 Å². The van der Waals surface area contributed by atoms with Gasteiger partial charge in [0.25, 0.3) is 0 Å². The molecule has 1 aromatic carbocycles. The molecule has 1 atom stereocenters. The predicted octanol–water partition coefficient (Wildman–Crippen LogP) is 1.67. The first-order chi connectivity index (χ1) is 8.16. The number of carbonyl (C=O) groups is 1. The highest BCUT2D eigenvalue weighted by Gasteiger charge is 2.10. The zero-order chi connectivity index (χ0) is 12.3. The van der Waals surface area contributed by atoms with E-state index in [0.717, 1.165) is 11.1 Å². The molecular weight excluding hydrogens is 214 g/mol. The highest BCUT2D eigenvalue weighted by molar-refractivity contribution is 5.76. The third kappa shape index (κ3) is 2.72.